The van der Waals surface area contributed by atoms with E-state index < -0.39 is 0 Å². The molecule has 0 aliphatic rings. The molecule has 0 N–H and O–H groups in total. The van der Waals surface area contributed by atoms with Crippen LogP contribution < -0.4 is 0 Å². The van der Waals surface area contributed by atoms with Gasteiger partial charge in [0.05, 0.1) is 6.10 Å². The quantitative estimate of drug-likeness (QED) is 0.0429. The summed E-state index contributed by atoms with van der Waals surface area (Å²) in [7, 11) is 4.19. The number of hydrogen-bond donors (Lipinski definition) is 0. The van der Waals surface area contributed by atoms with Crippen LogP contribution in [0, 0.1) is 0 Å². The molecule has 2 unspecified atom stereocenters. The smallest absolute Gasteiger partial charge is 0.136 e. The maximum absolute atomic E-state index is 6.24. The summed E-state index contributed by atoms with van der Waals surface area (Å²) >= 11 is 0. The van der Waals surface area contributed by atoms with Crippen molar-refractivity contribution in [1.82, 2.24) is 4.90 Å². The Morgan fingerprint density at radius 3 is 1.18 bits per heavy atom. The lowest BCUT2D eigenvalue weighted by molar-refractivity contribution is -0.125. The average Bonchev–Trinajstić information content (AvgIpc) is 3.01. The molecule has 254 valence electrons. The summed E-state index contributed by atoms with van der Waals surface area (Å²) in [6.45, 7) is 8.17. The van der Waals surface area contributed by atoms with Crippen LogP contribution in [0.25, 0.3) is 0 Å². The fourth-order valence-electron chi connectivity index (χ4n) is 5.06. The molecule has 0 heterocycles. The molecule has 0 saturated heterocycles. The normalized spacial score (nSPS) is 14.3. The highest BCUT2D eigenvalue weighted by molar-refractivity contribution is 4.98. The van der Waals surface area contributed by atoms with Gasteiger partial charge in [-0.3, -0.25) is 4.90 Å². The Morgan fingerprint density at radius 2 is 0.773 bits per heavy atom. The van der Waals surface area contributed by atoms with Crippen LogP contribution in [0.15, 0.2) is 72.9 Å². The lowest BCUT2D eigenvalue weighted by atomic mass is 10.1. The Labute approximate surface area is 275 Å². The van der Waals surface area contributed by atoms with Gasteiger partial charge in [0.1, 0.15) is 6.23 Å². The molecule has 0 radical (unpaired) electrons. The molecule has 2 atom stereocenters. The predicted octanol–water partition coefficient (Wildman–Crippen LogP) is 12.5. The minimum Gasteiger partial charge on any atom is -0.374 e. The van der Waals surface area contributed by atoms with Crippen molar-refractivity contribution in [1.29, 1.82) is 0 Å². The monoisotopic (exact) mass is 612 g/mol. The first-order valence-electron chi connectivity index (χ1n) is 18.4. The molecule has 0 aromatic heterocycles. The van der Waals surface area contributed by atoms with Gasteiger partial charge in [-0.05, 0) is 98.1 Å². The van der Waals surface area contributed by atoms with Crippen molar-refractivity contribution in [2.45, 2.75) is 162 Å². The second-order valence-corrected chi connectivity index (χ2v) is 12.2. The van der Waals surface area contributed by atoms with Gasteiger partial charge in [-0.2, -0.15) is 0 Å². The summed E-state index contributed by atoms with van der Waals surface area (Å²) in [6.07, 6.45) is 51.7. The van der Waals surface area contributed by atoms with E-state index in [1.165, 1.54) is 77.0 Å². The predicted molar refractivity (Wildman–Crippen MR) is 197 cm³/mol. The lowest BCUT2D eigenvalue weighted by Crippen LogP contribution is -2.41. The first-order valence-corrected chi connectivity index (χ1v) is 18.4. The Morgan fingerprint density at radius 1 is 0.432 bits per heavy atom. The Kier molecular flexibility index (Phi) is 34.4. The van der Waals surface area contributed by atoms with Crippen LogP contribution in [0.5, 0.6) is 0 Å². The number of hydrogen-bond acceptors (Lipinski definition) is 3. The SMILES string of the molecule is CC/C=C\C/C=C\C/C=C\CCCCCCCCOC(C)C(OCCCCCCCC/C=C\C/C=C\C/C=C\CC)N(C)C. The third-order valence-corrected chi connectivity index (χ3v) is 7.67. The van der Waals surface area contributed by atoms with Crippen molar-refractivity contribution in [3.63, 3.8) is 0 Å². The summed E-state index contributed by atoms with van der Waals surface area (Å²) in [4.78, 5) is 2.16. The summed E-state index contributed by atoms with van der Waals surface area (Å²) in [5.41, 5.74) is 0. The van der Waals surface area contributed by atoms with E-state index >= 15 is 0 Å². The van der Waals surface area contributed by atoms with Gasteiger partial charge in [0.15, 0.2) is 0 Å². The van der Waals surface area contributed by atoms with Crippen molar-refractivity contribution < 1.29 is 9.47 Å². The van der Waals surface area contributed by atoms with Crippen LogP contribution in [0.4, 0.5) is 0 Å². The van der Waals surface area contributed by atoms with Crippen molar-refractivity contribution >= 4 is 0 Å². The van der Waals surface area contributed by atoms with Crippen LogP contribution in [-0.2, 0) is 9.47 Å². The van der Waals surface area contributed by atoms with E-state index in [1.54, 1.807) is 0 Å². The van der Waals surface area contributed by atoms with E-state index in [-0.39, 0.29) is 12.3 Å². The number of allylic oxidation sites excluding steroid dienone is 12. The van der Waals surface area contributed by atoms with E-state index in [0.717, 1.165) is 64.6 Å². The maximum atomic E-state index is 6.24. The van der Waals surface area contributed by atoms with E-state index in [4.69, 9.17) is 9.47 Å². The van der Waals surface area contributed by atoms with Crippen molar-refractivity contribution in [2.24, 2.45) is 0 Å². The van der Waals surface area contributed by atoms with Gasteiger partial charge in [-0.25, -0.2) is 0 Å². The molecule has 0 aliphatic carbocycles. The third kappa shape index (κ3) is 31.7. The molecule has 3 nitrogen and oxygen atoms in total. The first kappa shape index (κ1) is 42.3. The molecule has 0 rings (SSSR count). The first-order chi connectivity index (χ1) is 21.6. The Balaban J connectivity index is 3.65. The van der Waals surface area contributed by atoms with E-state index in [0.29, 0.717) is 0 Å². The fourth-order valence-corrected chi connectivity index (χ4v) is 5.06. The molecule has 0 spiro atoms. The minimum absolute atomic E-state index is 0.0332. The van der Waals surface area contributed by atoms with Crippen LogP contribution in [0.1, 0.15) is 149 Å². The number of nitrogens with zero attached hydrogens (tertiary/aromatic N) is 1. The van der Waals surface area contributed by atoms with Crippen LogP contribution in [0.3, 0.4) is 0 Å². The topological polar surface area (TPSA) is 21.7 Å². The maximum Gasteiger partial charge on any atom is 0.136 e. The highest BCUT2D eigenvalue weighted by Gasteiger charge is 2.20. The highest BCUT2D eigenvalue weighted by Crippen LogP contribution is 2.13. The molecule has 0 aromatic rings. The zero-order valence-electron chi connectivity index (χ0n) is 29.9. The van der Waals surface area contributed by atoms with Gasteiger partial charge in [0, 0.05) is 13.2 Å². The summed E-state index contributed by atoms with van der Waals surface area (Å²) in [6, 6.07) is 0. The number of rotatable bonds is 32. The van der Waals surface area contributed by atoms with Crippen LogP contribution in [-0.4, -0.2) is 44.5 Å². The average molecular weight is 612 g/mol. The Bertz CT molecular complexity index is 746. The highest BCUT2D eigenvalue weighted by atomic mass is 16.5. The van der Waals surface area contributed by atoms with Crippen LogP contribution in [0.2, 0.25) is 0 Å². The van der Waals surface area contributed by atoms with Gasteiger partial charge < -0.3 is 9.47 Å². The van der Waals surface area contributed by atoms with Crippen molar-refractivity contribution in [3.8, 4) is 0 Å². The summed E-state index contributed by atoms with van der Waals surface area (Å²) < 4.78 is 12.4. The van der Waals surface area contributed by atoms with Gasteiger partial charge in [-0.1, -0.05) is 138 Å². The fraction of sp³-hybridized carbons (Fsp3) is 0.707. The van der Waals surface area contributed by atoms with Gasteiger partial charge in [-0.15, -0.1) is 0 Å². The standard InChI is InChI=1S/C41H73NO2/c1-6-8-10-12-14-16-18-20-22-24-26-28-30-32-34-36-38-43-40(3)41(42(4)5)44-39-37-35-33-31-29-27-25-23-21-19-17-15-13-11-9-7-2/h8-11,14-17,20-23,40-41H,6-7,12-13,18-19,24-39H2,1-5H3/b10-8-,11-9-,16-14-,17-15-,22-20-,23-21-. The molecule has 3 heteroatoms. The second-order valence-electron chi connectivity index (χ2n) is 12.2. The molecular formula is C41H73NO2. The van der Waals surface area contributed by atoms with Gasteiger partial charge in [0.25, 0.3) is 0 Å². The molecule has 44 heavy (non-hydrogen) atoms. The zero-order chi connectivity index (χ0) is 32.2. The lowest BCUT2D eigenvalue weighted by Gasteiger charge is -2.30. The molecule has 0 aromatic carbocycles. The van der Waals surface area contributed by atoms with E-state index in [2.05, 4.69) is 113 Å². The molecule has 0 fully saturated rings. The molecule has 0 saturated carbocycles. The number of likely N-dealkylation sites (N-methyl/N-ethyl adjacent to an activating group) is 1. The van der Waals surface area contributed by atoms with Gasteiger partial charge in [0.2, 0.25) is 0 Å². The molecule has 0 bridgehead atoms. The van der Waals surface area contributed by atoms with Crippen molar-refractivity contribution in [3.05, 3.63) is 72.9 Å². The number of unbranched alkanes of at least 4 members (excludes halogenated alkanes) is 12. The third-order valence-electron chi connectivity index (χ3n) is 7.67. The summed E-state index contributed by atoms with van der Waals surface area (Å²) in [5, 5.41) is 0. The molecular weight excluding hydrogens is 538 g/mol. The second kappa shape index (κ2) is 35.8. The number of ether oxygens (including phenoxy) is 2. The minimum atomic E-state index is 0.0332. The van der Waals surface area contributed by atoms with Gasteiger partial charge >= 0.3 is 0 Å². The summed E-state index contributed by atoms with van der Waals surface area (Å²) in [5.74, 6) is 0. The largest absolute Gasteiger partial charge is 0.374 e. The van der Waals surface area contributed by atoms with E-state index in [1.807, 2.05) is 0 Å². The molecule has 0 amide bonds. The molecule has 0 aliphatic heterocycles. The van der Waals surface area contributed by atoms with E-state index in [9.17, 15) is 0 Å². The van der Waals surface area contributed by atoms with Crippen molar-refractivity contribution in [2.75, 3.05) is 27.3 Å². The zero-order valence-corrected chi connectivity index (χ0v) is 29.9. The van der Waals surface area contributed by atoms with Crippen LogP contribution >= 0.6 is 0 Å². The Hall–Kier alpha value is -1.68.